The average molecular weight is 287 g/mol. The minimum Gasteiger partial charge on any atom is -0.394 e. The maximum Gasteiger partial charge on any atom is 0.230 e. The van der Waals surface area contributed by atoms with Gasteiger partial charge in [-0.15, -0.1) is 11.8 Å². The number of amides is 1. The Bertz CT molecular complexity index is 386. The van der Waals surface area contributed by atoms with Crippen LogP contribution >= 0.6 is 11.8 Å². The van der Waals surface area contributed by atoms with Crippen LogP contribution in [0, 0.1) is 5.82 Å². The van der Waals surface area contributed by atoms with E-state index in [1.807, 2.05) is 0 Å². The van der Waals surface area contributed by atoms with Crippen LogP contribution in [0.5, 0.6) is 0 Å². The molecule has 1 aromatic carbocycles. The van der Waals surface area contributed by atoms with Gasteiger partial charge in [-0.1, -0.05) is 12.1 Å². The summed E-state index contributed by atoms with van der Waals surface area (Å²) in [5, 5.41) is 20.4. The highest BCUT2D eigenvalue weighted by Crippen LogP contribution is 2.04. The Kier molecular flexibility index (Phi) is 7.47. The van der Waals surface area contributed by atoms with Gasteiger partial charge in [-0.05, 0) is 24.1 Å². The molecule has 0 heterocycles. The van der Waals surface area contributed by atoms with E-state index < -0.39 is 6.10 Å². The summed E-state index contributed by atoms with van der Waals surface area (Å²) in [5.41, 5.74) is 0.963. The van der Waals surface area contributed by atoms with Crippen molar-refractivity contribution in [2.45, 2.75) is 12.5 Å². The second-order valence-electron chi connectivity index (χ2n) is 4.08. The topological polar surface area (TPSA) is 69.6 Å². The number of rotatable bonds is 8. The zero-order chi connectivity index (χ0) is 14.1. The summed E-state index contributed by atoms with van der Waals surface area (Å²) in [5.74, 6) is 0.200. The number of hydrogen-bond donors (Lipinski definition) is 3. The highest BCUT2D eigenvalue weighted by molar-refractivity contribution is 7.99. The fraction of sp³-hybridized carbons (Fsp3) is 0.462. The Balaban J connectivity index is 2.11. The Morgan fingerprint density at radius 2 is 2.05 bits per heavy atom. The number of aliphatic hydroxyl groups is 2. The second-order valence-corrected chi connectivity index (χ2v) is 5.11. The first kappa shape index (κ1) is 15.9. The largest absolute Gasteiger partial charge is 0.394 e. The van der Waals surface area contributed by atoms with E-state index in [1.165, 1.54) is 23.9 Å². The Hall–Kier alpha value is -1.11. The monoisotopic (exact) mass is 287 g/mol. The van der Waals surface area contributed by atoms with E-state index >= 15 is 0 Å². The molecule has 106 valence electrons. The van der Waals surface area contributed by atoms with E-state index in [9.17, 15) is 9.18 Å². The van der Waals surface area contributed by atoms with Gasteiger partial charge in [-0.2, -0.15) is 0 Å². The summed E-state index contributed by atoms with van der Waals surface area (Å²) >= 11 is 1.27. The van der Waals surface area contributed by atoms with E-state index in [0.717, 1.165) is 5.56 Å². The number of benzene rings is 1. The molecule has 0 aliphatic rings. The van der Waals surface area contributed by atoms with Gasteiger partial charge in [0.05, 0.1) is 18.5 Å². The van der Waals surface area contributed by atoms with E-state index in [-0.39, 0.29) is 24.1 Å². The van der Waals surface area contributed by atoms with Gasteiger partial charge in [0.2, 0.25) is 5.91 Å². The van der Waals surface area contributed by atoms with Crippen molar-refractivity contribution in [1.82, 2.24) is 5.32 Å². The maximum atomic E-state index is 12.7. The number of hydrogen-bond acceptors (Lipinski definition) is 4. The predicted molar refractivity (Wildman–Crippen MR) is 73.5 cm³/mol. The number of nitrogens with one attached hydrogen (secondary N) is 1. The van der Waals surface area contributed by atoms with Crippen LogP contribution < -0.4 is 5.32 Å². The van der Waals surface area contributed by atoms with Crippen molar-refractivity contribution in [1.29, 1.82) is 0 Å². The fourth-order valence-electron chi connectivity index (χ4n) is 1.39. The first-order chi connectivity index (χ1) is 9.11. The van der Waals surface area contributed by atoms with Gasteiger partial charge in [0, 0.05) is 12.3 Å². The van der Waals surface area contributed by atoms with Gasteiger partial charge < -0.3 is 15.5 Å². The molecule has 0 saturated heterocycles. The summed E-state index contributed by atoms with van der Waals surface area (Å²) in [6, 6.07) is 6.16. The van der Waals surface area contributed by atoms with Crippen LogP contribution in [0.3, 0.4) is 0 Å². The molecule has 1 unspecified atom stereocenters. The molecular weight excluding hydrogens is 269 g/mol. The Morgan fingerprint density at radius 1 is 1.37 bits per heavy atom. The quantitative estimate of drug-likeness (QED) is 0.654. The first-order valence-electron chi connectivity index (χ1n) is 5.99. The van der Waals surface area contributed by atoms with E-state index in [1.54, 1.807) is 12.1 Å². The molecule has 19 heavy (non-hydrogen) atoms. The highest BCUT2D eigenvalue weighted by Gasteiger charge is 2.05. The summed E-state index contributed by atoms with van der Waals surface area (Å²) in [6.07, 6.45) is -0.132. The lowest BCUT2D eigenvalue weighted by molar-refractivity contribution is -0.118. The number of carbonyl (C=O) groups is 1. The molecule has 1 atom stereocenters. The van der Waals surface area contributed by atoms with E-state index in [2.05, 4.69) is 5.32 Å². The van der Waals surface area contributed by atoms with Crippen molar-refractivity contribution in [2.75, 3.05) is 24.7 Å². The number of carbonyl (C=O) groups excluding carboxylic acids is 1. The zero-order valence-corrected chi connectivity index (χ0v) is 11.3. The third-order valence-electron chi connectivity index (χ3n) is 2.40. The third kappa shape index (κ3) is 7.15. The van der Waals surface area contributed by atoms with E-state index in [4.69, 9.17) is 10.2 Å². The second kappa shape index (κ2) is 8.90. The molecule has 1 rings (SSSR count). The predicted octanol–water partition coefficient (Wildman–Crippen LogP) is 0.571. The van der Waals surface area contributed by atoms with Crippen molar-refractivity contribution in [3.63, 3.8) is 0 Å². The van der Waals surface area contributed by atoms with Crippen molar-refractivity contribution in [3.05, 3.63) is 35.6 Å². The van der Waals surface area contributed by atoms with Gasteiger partial charge in [-0.25, -0.2) is 4.39 Å². The van der Waals surface area contributed by atoms with Crippen LogP contribution in [0.25, 0.3) is 0 Å². The van der Waals surface area contributed by atoms with Gasteiger partial charge in [-0.3, -0.25) is 4.79 Å². The summed E-state index contributed by atoms with van der Waals surface area (Å²) in [7, 11) is 0. The highest BCUT2D eigenvalue weighted by atomic mass is 32.2. The average Bonchev–Trinajstić information content (AvgIpc) is 2.41. The van der Waals surface area contributed by atoms with Gasteiger partial charge in [0.25, 0.3) is 0 Å². The fourth-order valence-corrected chi connectivity index (χ4v) is 2.17. The lowest BCUT2D eigenvalue weighted by Gasteiger charge is -2.07. The molecule has 0 aliphatic heterocycles. The number of thioether (sulfide) groups is 1. The third-order valence-corrected chi connectivity index (χ3v) is 3.49. The van der Waals surface area contributed by atoms with Gasteiger partial charge in [0.1, 0.15) is 5.82 Å². The Morgan fingerprint density at radius 3 is 2.68 bits per heavy atom. The van der Waals surface area contributed by atoms with Crippen LogP contribution in [0.4, 0.5) is 4.39 Å². The van der Waals surface area contributed by atoms with E-state index in [0.29, 0.717) is 18.7 Å². The summed E-state index contributed by atoms with van der Waals surface area (Å²) < 4.78 is 12.7. The lowest BCUT2D eigenvalue weighted by Crippen LogP contribution is -2.28. The maximum absolute atomic E-state index is 12.7. The molecule has 1 aromatic rings. The van der Waals surface area contributed by atoms with Crippen LogP contribution in [0.1, 0.15) is 5.56 Å². The smallest absolute Gasteiger partial charge is 0.230 e. The van der Waals surface area contributed by atoms with Crippen LogP contribution in [0.15, 0.2) is 24.3 Å². The van der Waals surface area contributed by atoms with Crippen molar-refractivity contribution in [3.8, 4) is 0 Å². The first-order valence-corrected chi connectivity index (χ1v) is 7.15. The molecule has 3 N–H and O–H groups in total. The molecule has 1 amide bonds. The zero-order valence-electron chi connectivity index (χ0n) is 10.5. The standard InChI is InChI=1S/C13H18FNO3S/c14-11-3-1-10(2-4-11)5-6-15-13(18)9-19-8-12(17)7-16/h1-4,12,16-17H,5-9H2,(H,15,18). The minimum absolute atomic E-state index is 0.114. The normalized spacial score (nSPS) is 12.2. The molecule has 0 spiro atoms. The molecule has 0 aromatic heterocycles. The molecule has 0 aliphatic carbocycles. The molecule has 6 heteroatoms. The SMILES string of the molecule is O=C(CSCC(O)CO)NCCc1ccc(F)cc1. The summed E-state index contributed by atoms with van der Waals surface area (Å²) in [6.45, 7) is 0.201. The van der Waals surface area contributed by atoms with Crippen molar-refractivity contribution in [2.24, 2.45) is 0 Å². The molecule has 0 fully saturated rings. The van der Waals surface area contributed by atoms with Gasteiger partial charge in [0.15, 0.2) is 0 Å². The molecule has 0 bridgehead atoms. The molecular formula is C13H18FNO3S. The van der Waals surface area contributed by atoms with Crippen LogP contribution in [-0.2, 0) is 11.2 Å². The number of aliphatic hydroxyl groups excluding tert-OH is 2. The number of halogens is 1. The molecule has 0 radical (unpaired) electrons. The lowest BCUT2D eigenvalue weighted by atomic mass is 10.1. The van der Waals surface area contributed by atoms with Crippen molar-refractivity contribution < 1.29 is 19.4 Å². The van der Waals surface area contributed by atoms with Crippen LogP contribution in [0.2, 0.25) is 0 Å². The molecule has 0 saturated carbocycles. The molecule has 4 nitrogen and oxygen atoms in total. The summed E-state index contributed by atoms with van der Waals surface area (Å²) in [4.78, 5) is 11.4. The van der Waals surface area contributed by atoms with Crippen molar-refractivity contribution >= 4 is 17.7 Å². The minimum atomic E-state index is -0.781. The van der Waals surface area contributed by atoms with Crippen LogP contribution in [-0.4, -0.2) is 46.9 Å². The Labute approximate surface area is 116 Å². The van der Waals surface area contributed by atoms with Gasteiger partial charge >= 0.3 is 0 Å².